The Morgan fingerprint density at radius 1 is 0.955 bits per heavy atom. The van der Waals surface area contributed by atoms with Crippen molar-refractivity contribution in [2.75, 3.05) is 11.0 Å². The van der Waals surface area contributed by atoms with Crippen molar-refractivity contribution in [1.29, 1.82) is 0 Å². The Morgan fingerprint density at radius 2 is 1.55 bits per heavy atom. The second kappa shape index (κ2) is 7.57. The molecule has 0 amide bonds. The summed E-state index contributed by atoms with van der Waals surface area (Å²) in [7, 11) is -2.16. The van der Waals surface area contributed by atoms with E-state index in [1.165, 1.54) is 10.4 Å². The highest BCUT2D eigenvalue weighted by atomic mass is 127. The fraction of sp³-hybridized carbons (Fsp3) is 0.263. The van der Waals surface area contributed by atoms with Crippen LogP contribution in [0, 0.1) is 5.92 Å². The standard InChI is InChI=1S/C19H21IOSi/c20-15-17-9-7-8-14-21-22(16-17,18-10-3-1-4-11-18)19-12-5-2-6-13-19/h1-7,9-13,17H,8,14-16H2/b9-7-. The van der Waals surface area contributed by atoms with Crippen molar-refractivity contribution in [3.63, 3.8) is 0 Å². The van der Waals surface area contributed by atoms with Crippen molar-refractivity contribution >= 4 is 41.3 Å². The molecular formula is C19H21IOSi. The number of alkyl halides is 1. The quantitative estimate of drug-likeness (QED) is 0.318. The van der Waals surface area contributed by atoms with Gasteiger partial charge in [-0.1, -0.05) is 95.4 Å². The Labute approximate surface area is 147 Å². The van der Waals surface area contributed by atoms with E-state index in [2.05, 4.69) is 95.4 Å². The average Bonchev–Trinajstić information content (AvgIpc) is 2.57. The maximum atomic E-state index is 6.66. The van der Waals surface area contributed by atoms with Crippen molar-refractivity contribution in [1.82, 2.24) is 0 Å². The molecule has 0 radical (unpaired) electrons. The third-order valence-corrected chi connectivity index (χ3v) is 9.73. The zero-order chi connectivity index (χ0) is 15.3. The van der Waals surface area contributed by atoms with Crippen molar-refractivity contribution in [3.05, 3.63) is 72.8 Å². The molecule has 0 fully saturated rings. The van der Waals surface area contributed by atoms with E-state index in [-0.39, 0.29) is 0 Å². The molecule has 114 valence electrons. The normalized spacial score (nSPS) is 22.5. The van der Waals surface area contributed by atoms with Crippen molar-refractivity contribution in [2.24, 2.45) is 5.92 Å². The third kappa shape index (κ3) is 3.36. The lowest BCUT2D eigenvalue weighted by atomic mass is 10.2. The molecule has 2 aromatic carbocycles. The number of rotatable bonds is 3. The predicted octanol–water partition coefficient (Wildman–Crippen LogP) is 3.77. The van der Waals surface area contributed by atoms with Crippen LogP contribution >= 0.6 is 22.6 Å². The van der Waals surface area contributed by atoms with Gasteiger partial charge < -0.3 is 4.43 Å². The van der Waals surface area contributed by atoms with E-state index in [4.69, 9.17) is 4.43 Å². The van der Waals surface area contributed by atoms with Crippen LogP contribution in [0.4, 0.5) is 0 Å². The van der Waals surface area contributed by atoms with Gasteiger partial charge in [0.05, 0.1) is 0 Å². The van der Waals surface area contributed by atoms with Gasteiger partial charge in [-0.15, -0.1) is 0 Å². The van der Waals surface area contributed by atoms with Crippen LogP contribution in [0.2, 0.25) is 6.04 Å². The molecule has 1 heterocycles. The first kappa shape index (κ1) is 16.0. The highest BCUT2D eigenvalue weighted by Gasteiger charge is 2.41. The van der Waals surface area contributed by atoms with Gasteiger partial charge in [-0.3, -0.25) is 0 Å². The average molecular weight is 420 g/mol. The van der Waals surface area contributed by atoms with E-state index in [9.17, 15) is 0 Å². The Balaban J connectivity index is 2.12. The molecule has 2 aromatic rings. The molecular weight excluding hydrogens is 399 g/mol. The minimum absolute atomic E-state index is 0.591. The van der Waals surface area contributed by atoms with Crippen LogP contribution in [0.5, 0.6) is 0 Å². The number of benzene rings is 2. The SMILES string of the molecule is ICC1/C=C\CCO[Si](c2ccccc2)(c2ccccc2)C1. The van der Waals surface area contributed by atoms with Crippen molar-refractivity contribution in [2.45, 2.75) is 12.5 Å². The van der Waals surface area contributed by atoms with Crippen LogP contribution in [0.1, 0.15) is 6.42 Å². The van der Waals surface area contributed by atoms with Crippen LogP contribution in [-0.4, -0.2) is 19.4 Å². The van der Waals surface area contributed by atoms with Gasteiger partial charge in [0, 0.05) is 11.0 Å². The topological polar surface area (TPSA) is 9.23 Å². The van der Waals surface area contributed by atoms with Gasteiger partial charge in [0.2, 0.25) is 0 Å². The summed E-state index contributed by atoms with van der Waals surface area (Å²) in [5, 5.41) is 2.79. The Hall–Kier alpha value is -0.913. The van der Waals surface area contributed by atoms with Gasteiger partial charge >= 0.3 is 0 Å². The van der Waals surface area contributed by atoms with E-state index in [1.54, 1.807) is 0 Å². The van der Waals surface area contributed by atoms with Gasteiger partial charge in [-0.25, -0.2) is 0 Å². The van der Waals surface area contributed by atoms with Gasteiger partial charge in [-0.2, -0.15) is 0 Å². The minimum atomic E-state index is -2.16. The van der Waals surface area contributed by atoms with Crippen LogP contribution in [0.3, 0.4) is 0 Å². The zero-order valence-corrected chi connectivity index (χ0v) is 15.8. The molecule has 22 heavy (non-hydrogen) atoms. The molecule has 0 aliphatic carbocycles. The molecule has 3 rings (SSSR count). The molecule has 0 saturated heterocycles. The number of hydrogen-bond acceptors (Lipinski definition) is 1. The van der Waals surface area contributed by atoms with E-state index in [0.717, 1.165) is 23.5 Å². The zero-order valence-electron chi connectivity index (χ0n) is 12.6. The van der Waals surface area contributed by atoms with E-state index < -0.39 is 8.32 Å². The summed E-state index contributed by atoms with van der Waals surface area (Å²) in [6, 6.07) is 22.9. The third-order valence-electron chi connectivity index (χ3n) is 4.27. The second-order valence-electron chi connectivity index (χ2n) is 5.74. The lowest BCUT2D eigenvalue weighted by molar-refractivity contribution is 0.317. The first-order valence-corrected chi connectivity index (χ1v) is 11.5. The molecule has 1 unspecified atom stereocenters. The van der Waals surface area contributed by atoms with Crippen molar-refractivity contribution < 1.29 is 4.43 Å². The second-order valence-corrected chi connectivity index (χ2v) is 10.1. The largest absolute Gasteiger partial charge is 0.408 e. The molecule has 1 atom stereocenters. The highest BCUT2D eigenvalue weighted by Crippen LogP contribution is 2.24. The molecule has 1 nitrogen and oxygen atoms in total. The molecule has 0 N–H and O–H groups in total. The number of halogens is 1. The fourth-order valence-electron chi connectivity index (χ4n) is 3.18. The van der Waals surface area contributed by atoms with Crippen LogP contribution in [0.15, 0.2) is 72.8 Å². The van der Waals surface area contributed by atoms with Gasteiger partial charge in [0.15, 0.2) is 0 Å². The Kier molecular flexibility index (Phi) is 5.49. The fourth-order valence-corrected chi connectivity index (χ4v) is 8.57. The first-order valence-electron chi connectivity index (χ1n) is 7.83. The molecule has 0 bridgehead atoms. The van der Waals surface area contributed by atoms with Crippen LogP contribution < -0.4 is 10.4 Å². The first-order chi connectivity index (χ1) is 10.8. The van der Waals surface area contributed by atoms with Gasteiger partial charge in [-0.05, 0) is 28.8 Å². The summed E-state index contributed by atoms with van der Waals surface area (Å²) in [5.74, 6) is 0.591. The number of hydrogen-bond donors (Lipinski definition) is 0. The Morgan fingerprint density at radius 3 is 2.09 bits per heavy atom. The summed E-state index contributed by atoms with van der Waals surface area (Å²) in [4.78, 5) is 0. The van der Waals surface area contributed by atoms with Gasteiger partial charge in [0.25, 0.3) is 8.32 Å². The summed E-state index contributed by atoms with van der Waals surface area (Å²) >= 11 is 2.51. The van der Waals surface area contributed by atoms with E-state index in [1.807, 2.05) is 0 Å². The monoisotopic (exact) mass is 420 g/mol. The number of allylic oxidation sites excluding steroid dienone is 1. The van der Waals surface area contributed by atoms with E-state index >= 15 is 0 Å². The molecule has 0 spiro atoms. The summed E-state index contributed by atoms with van der Waals surface area (Å²) < 4.78 is 7.80. The van der Waals surface area contributed by atoms with Crippen LogP contribution in [0.25, 0.3) is 0 Å². The molecule has 3 heteroatoms. The minimum Gasteiger partial charge on any atom is -0.408 e. The highest BCUT2D eigenvalue weighted by molar-refractivity contribution is 14.1. The maximum Gasteiger partial charge on any atom is 0.256 e. The predicted molar refractivity (Wildman–Crippen MR) is 105 cm³/mol. The molecule has 1 aliphatic rings. The summed E-state index contributed by atoms with van der Waals surface area (Å²) in [5.41, 5.74) is 0. The van der Waals surface area contributed by atoms with E-state index in [0.29, 0.717) is 5.92 Å². The van der Waals surface area contributed by atoms with Crippen molar-refractivity contribution in [3.8, 4) is 0 Å². The smallest absolute Gasteiger partial charge is 0.256 e. The molecule has 1 aliphatic heterocycles. The summed E-state index contributed by atoms with van der Waals surface area (Å²) in [6.45, 7) is 0.820. The Bertz CT molecular complexity index is 572. The molecule has 0 saturated carbocycles. The van der Waals surface area contributed by atoms with Crippen LogP contribution in [-0.2, 0) is 4.43 Å². The van der Waals surface area contributed by atoms with Gasteiger partial charge in [0.1, 0.15) is 0 Å². The lowest BCUT2D eigenvalue weighted by Gasteiger charge is -2.35. The lowest BCUT2D eigenvalue weighted by Crippen LogP contribution is -2.62. The maximum absolute atomic E-state index is 6.66. The summed E-state index contributed by atoms with van der Waals surface area (Å²) in [6.07, 6.45) is 5.71. The molecule has 0 aromatic heterocycles.